The summed E-state index contributed by atoms with van der Waals surface area (Å²) >= 11 is 6.14. The smallest absolute Gasteiger partial charge is 0.257 e. The zero-order chi connectivity index (χ0) is 14.4. The number of halogens is 1. The number of ether oxygens (including phenoxy) is 1. The summed E-state index contributed by atoms with van der Waals surface area (Å²) in [7, 11) is 0. The molecule has 4 nitrogen and oxygen atoms in total. The van der Waals surface area contributed by atoms with Crippen LogP contribution in [0.1, 0.15) is 25.3 Å². The molecule has 5 heteroatoms. The van der Waals surface area contributed by atoms with E-state index in [0.29, 0.717) is 16.7 Å². The Morgan fingerprint density at radius 2 is 2.25 bits per heavy atom. The molecule has 0 aliphatic heterocycles. The Kier molecular flexibility index (Phi) is 5.68. The molecule has 1 aliphatic rings. The number of carbonyl (C=O) groups excluding carboxylic acids is 1. The van der Waals surface area contributed by atoms with Gasteiger partial charge in [-0.3, -0.25) is 4.79 Å². The molecule has 1 amide bonds. The summed E-state index contributed by atoms with van der Waals surface area (Å²) in [5.41, 5.74) is 1.10. The van der Waals surface area contributed by atoms with Gasteiger partial charge in [-0.1, -0.05) is 24.6 Å². The molecule has 0 bridgehead atoms. The Morgan fingerprint density at radius 3 is 2.90 bits per heavy atom. The topological polar surface area (TPSA) is 50.4 Å². The maximum Gasteiger partial charge on any atom is 0.257 e. The van der Waals surface area contributed by atoms with Crippen LogP contribution in [0.3, 0.4) is 0 Å². The Labute approximate surface area is 124 Å². The first-order valence-electron chi connectivity index (χ1n) is 7.07. The van der Waals surface area contributed by atoms with Gasteiger partial charge in [-0.25, -0.2) is 0 Å². The molecule has 2 N–H and O–H groups in total. The van der Waals surface area contributed by atoms with Crippen LogP contribution in [0.2, 0.25) is 5.02 Å². The minimum atomic E-state index is -0.0929. The molecule has 0 aromatic heterocycles. The van der Waals surface area contributed by atoms with E-state index >= 15 is 0 Å². The zero-order valence-electron chi connectivity index (χ0n) is 11.7. The summed E-state index contributed by atoms with van der Waals surface area (Å²) in [5.74, 6) is 1.13. The van der Waals surface area contributed by atoms with E-state index in [9.17, 15) is 4.79 Å². The number of hydrogen-bond acceptors (Lipinski definition) is 3. The van der Waals surface area contributed by atoms with Crippen molar-refractivity contribution < 1.29 is 9.53 Å². The average Bonchev–Trinajstić information content (AvgIpc) is 3.26. The van der Waals surface area contributed by atoms with Crippen LogP contribution in [-0.2, 0) is 11.3 Å². The highest BCUT2D eigenvalue weighted by molar-refractivity contribution is 6.32. The molecule has 20 heavy (non-hydrogen) atoms. The highest BCUT2D eigenvalue weighted by Crippen LogP contribution is 2.27. The lowest BCUT2D eigenvalue weighted by Crippen LogP contribution is -2.30. The van der Waals surface area contributed by atoms with E-state index in [-0.39, 0.29) is 12.5 Å². The summed E-state index contributed by atoms with van der Waals surface area (Å²) in [6, 6.07) is 5.62. The SMILES string of the molecule is CCNCc1ccc(OCC(=O)NCC2CC2)c(Cl)c1. The predicted molar refractivity (Wildman–Crippen MR) is 80.1 cm³/mol. The number of nitrogens with one attached hydrogen (secondary N) is 2. The maximum absolute atomic E-state index is 11.6. The molecule has 0 radical (unpaired) electrons. The van der Waals surface area contributed by atoms with Gasteiger partial charge in [0.05, 0.1) is 5.02 Å². The molecule has 1 aromatic carbocycles. The fourth-order valence-electron chi connectivity index (χ4n) is 1.82. The monoisotopic (exact) mass is 296 g/mol. The number of carbonyl (C=O) groups is 1. The second-order valence-corrected chi connectivity index (χ2v) is 5.49. The third-order valence-corrected chi connectivity index (χ3v) is 3.51. The van der Waals surface area contributed by atoms with Gasteiger partial charge in [-0.05, 0) is 43.0 Å². The second kappa shape index (κ2) is 7.50. The highest BCUT2D eigenvalue weighted by Gasteiger charge is 2.21. The minimum absolute atomic E-state index is 0.0129. The first-order valence-corrected chi connectivity index (χ1v) is 7.45. The first kappa shape index (κ1) is 15.1. The molecule has 0 saturated heterocycles. The van der Waals surface area contributed by atoms with Gasteiger partial charge in [-0.2, -0.15) is 0 Å². The zero-order valence-corrected chi connectivity index (χ0v) is 12.5. The van der Waals surface area contributed by atoms with E-state index in [4.69, 9.17) is 16.3 Å². The van der Waals surface area contributed by atoms with Gasteiger partial charge in [0.15, 0.2) is 6.61 Å². The van der Waals surface area contributed by atoms with Crippen molar-refractivity contribution in [3.05, 3.63) is 28.8 Å². The van der Waals surface area contributed by atoms with E-state index < -0.39 is 0 Å². The number of hydrogen-bond donors (Lipinski definition) is 2. The van der Waals surface area contributed by atoms with Crippen molar-refractivity contribution in [3.63, 3.8) is 0 Å². The highest BCUT2D eigenvalue weighted by atomic mass is 35.5. The fourth-order valence-corrected chi connectivity index (χ4v) is 2.07. The molecular formula is C15H21ClN2O2. The van der Waals surface area contributed by atoms with Crippen LogP contribution >= 0.6 is 11.6 Å². The van der Waals surface area contributed by atoms with Gasteiger partial charge >= 0.3 is 0 Å². The fraction of sp³-hybridized carbons (Fsp3) is 0.533. The van der Waals surface area contributed by atoms with Crippen LogP contribution in [0.4, 0.5) is 0 Å². The van der Waals surface area contributed by atoms with E-state index in [1.165, 1.54) is 12.8 Å². The molecule has 1 aliphatic carbocycles. The number of amides is 1. The predicted octanol–water partition coefficient (Wildman–Crippen LogP) is 2.35. The minimum Gasteiger partial charge on any atom is -0.482 e. The second-order valence-electron chi connectivity index (χ2n) is 5.08. The van der Waals surface area contributed by atoms with Crippen molar-refractivity contribution in [2.24, 2.45) is 5.92 Å². The van der Waals surface area contributed by atoms with Gasteiger partial charge in [0.2, 0.25) is 0 Å². The van der Waals surface area contributed by atoms with Crippen molar-refractivity contribution in [2.45, 2.75) is 26.3 Å². The van der Waals surface area contributed by atoms with Crippen LogP contribution in [0.25, 0.3) is 0 Å². The average molecular weight is 297 g/mol. The van der Waals surface area contributed by atoms with Crippen LogP contribution in [0.5, 0.6) is 5.75 Å². The van der Waals surface area contributed by atoms with Crippen molar-refractivity contribution in [2.75, 3.05) is 19.7 Å². The van der Waals surface area contributed by atoms with Crippen molar-refractivity contribution in [3.8, 4) is 5.75 Å². The van der Waals surface area contributed by atoms with Crippen LogP contribution < -0.4 is 15.4 Å². The standard InChI is InChI=1S/C15H21ClN2O2/c1-2-17-8-12-5-6-14(13(16)7-12)20-10-15(19)18-9-11-3-4-11/h5-7,11,17H,2-4,8-10H2,1H3,(H,18,19). The Bertz CT molecular complexity index is 461. The van der Waals surface area contributed by atoms with Crippen molar-refractivity contribution in [1.82, 2.24) is 10.6 Å². The summed E-state index contributed by atoms with van der Waals surface area (Å²) in [4.78, 5) is 11.6. The first-order chi connectivity index (χ1) is 9.69. The van der Waals surface area contributed by atoms with Gasteiger partial charge in [0.25, 0.3) is 5.91 Å². The van der Waals surface area contributed by atoms with Crippen LogP contribution in [-0.4, -0.2) is 25.6 Å². The third kappa shape index (κ3) is 5.02. The summed E-state index contributed by atoms with van der Waals surface area (Å²) < 4.78 is 5.45. The quantitative estimate of drug-likeness (QED) is 0.774. The van der Waals surface area contributed by atoms with E-state index in [1.54, 1.807) is 0 Å². The molecule has 0 heterocycles. The van der Waals surface area contributed by atoms with Gasteiger partial charge < -0.3 is 15.4 Å². The lowest BCUT2D eigenvalue weighted by atomic mass is 10.2. The lowest BCUT2D eigenvalue weighted by Gasteiger charge is -2.10. The van der Waals surface area contributed by atoms with E-state index in [1.807, 2.05) is 18.2 Å². The van der Waals surface area contributed by atoms with Gasteiger partial charge in [0.1, 0.15) is 5.75 Å². The molecule has 0 unspecified atom stereocenters. The molecule has 1 aromatic rings. The molecule has 2 rings (SSSR count). The molecule has 0 spiro atoms. The Hall–Kier alpha value is -1.26. The van der Waals surface area contributed by atoms with E-state index in [2.05, 4.69) is 17.6 Å². The van der Waals surface area contributed by atoms with E-state index in [0.717, 1.165) is 25.2 Å². The Balaban J connectivity index is 1.77. The van der Waals surface area contributed by atoms with Crippen LogP contribution in [0, 0.1) is 5.92 Å². The van der Waals surface area contributed by atoms with Gasteiger partial charge in [0, 0.05) is 13.1 Å². The number of rotatable bonds is 8. The van der Waals surface area contributed by atoms with Gasteiger partial charge in [-0.15, -0.1) is 0 Å². The molecule has 1 saturated carbocycles. The molecule has 1 fully saturated rings. The van der Waals surface area contributed by atoms with Crippen molar-refractivity contribution >= 4 is 17.5 Å². The van der Waals surface area contributed by atoms with Crippen molar-refractivity contribution in [1.29, 1.82) is 0 Å². The van der Waals surface area contributed by atoms with Crippen LogP contribution in [0.15, 0.2) is 18.2 Å². The molecule has 110 valence electrons. The lowest BCUT2D eigenvalue weighted by molar-refractivity contribution is -0.123. The Morgan fingerprint density at radius 1 is 1.45 bits per heavy atom. The molecule has 0 atom stereocenters. The molecular weight excluding hydrogens is 276 g/mol. The summed E-state index contributed by atoms with van der Waals surface area (Å²) in [5, 5.41) is 6.63. The summed E-state index contributed by atoms with van der Waals surface area (Å²) in [6.45, 7) is 4.52. The largest absolute Gasteiger partial charge is 0.482 e. The number of benzene rings is 1. The third-order valence-electron chi connectivity index (χ3n) is 3.22. The normalized spacial score (nSPS) is 14.1. The summed E-state index contributed by atoms with van der Waals surface area (Å²) in [6.07, 6.45) is 2.44. The maximum atomic E-state index is 11.6.